The van der Waals surface area contributed by atoms with Crippen LogP contribution in [0.5, 0.6) is 0 Å². The highest BCUT2D eigenvalue weighted by molar-refractivity contribution is 7.99. The number of anilines is 1. The van der Waals surface area contributed by atoms with Crippen LogP contribution in [0.25, 0.3) is 11.3 Å². The van der Waals surface area contributed by atoms with Crippen LogP contribution >= 0.6 is 23.1 Å². The zero-order valence-corrected chi connectivity index (χ0v) is 16.6. The first-order chi connectivity index (χ1) is 13.2. The zero-order valence-electron chi connectivity index (χ0n) is 15.0. The van der Waals surface area contributed by atoms with Crippen LogP contribution in [0.4, 0.5) is 18.3 Å². The second-order valence-electron chi connectivity index (χ2n) is 5.96. The van der Waals surface area contributed by atoms with Crippen LogP contribution in [0.15, 0.2) is 34.2 Å². The number of thiazole rings is 1. The number of alkyl halides is 3. The van der Waals surface area contributed by atoms with Crippen molar-refractivity contribution < 1.29 is 22.5 Å². The molecule has 3 aromatic rings. The molecule has 10 heteroatoms. The molecule has 0 unspecified atom stereocenters. The molecule has 1 aromatic carbocycles. The molecule has 2 aromatic heterocycles. The molecule has 1 N–H and O–H groups in total. The van der Waals surface area contributed by atoms with E-state index in [1.165, 1.54) is 17.8 Å². The van der Waals surface area contributed by atoms with E-state index in [4.69, 9.17) is 4.52 Å². The number of aryl methyl sites for hydroxylation is 2. The molecule has 0 atom stereocenters. The summed E-state index contributed by atoms with van der Waals surface area (Å²) in [5.41, 5.74) is 1.77. The van der Waals surface area contributed by atoms with E-state index in [9.17, 15) is 18.0 Å². The van der Waals surface area contributed by atoms with E-state index in [2.05, 4.69) is 15.5 Å². The molecule has 0 aliphatic heterocycles. The number of rotatable bonds is 6. The lowest BCUT2D eigenvalue weighted by molar-refractivity contribution is -0.137. The third-order valence-corrected chi connectivity index (χ3v) is 5.61. The van der Waals surface area contributed by atoms with Crippen molar-refractivity contribution >= 4 is 34.1 Å². The SMILES string of the molecule is Cc1noc(C)c1CSCC(=O)Nc1nc(-c2cccc(C(F)(F)F)c2)cs1. The van der Waals surface area contributed by atoms with E-state index in [-0.39, 0.29) is 11.7 Å². The third-order valence-electron chi connectivity index (χ3n) is 3.90. The predicted molar refractivity (Wildman–Crippen MR) is 103 cm³/mol. The first-order valence-corrected chi connectivity index (χ1v) is 10.2. The summed E-state index contributed by atoms with van der Waals surface area (Å²) in [4.78, 5) is 16.3. The molecule has 1 amide bonds. The molecule has 5 nitrogen and oxygen atoms in total. The lowest BCUT2D eigenvalue weighted by Gasteiger charge is -2.07. The molecule has 0 fully saturated rings. The van der Waals surface area contributed by atoms with Gasteiger partial charge >= 0.3 is 6.18 Å². The topological polar surface area (TPSA) is 68.0 Å². The number of carbonyl (C=O) groups excluding carboxylic acids is 1. The minimum absolute atomic E-state index is 0.211. The number of halogens is 3. The van der Waals surface area contributed by atoms with Gasteiger partial charge in [0, 0.05) is 22.3 Å². The van der Waals surface area contributed by atoms with Crippen LogP contribution < -0.4 is 5.32 Å². The Morgan fingerprint density at radius 2 is 2.11 bits per heavy atom. The molecule has 0 saturated carbocycles. The second kappa shape index (κ2) is 8.36. The van der Waals surface area contributed by atoms with Gasteiger partial charge in [-0.1, -0.05) is 17.3 Å². The summed E-state index contributed by atoms with van der Waals surface area (Å²) in [5.74, 6) is 1.31. The van der Waals surface area contributed by atoms with E-state index in [0.29, 0.717) is 22.1 Å². The Kier molecular flexibility index (Phi) is 6.09. The molecule has 0 spiro atoms. The normalized spacial score (nSPS) is 11.6. The first kappa shape index (κ1) is 20.4. The maximum Gasteiger partial charge on any atom is 0.416 e. The zero-order chi connectivity index (χ0) is 20.3. The van der Waals surface area contributed by atoms with Crippen molar-refractivity contribution in [2.45, 2.75) is 25.8 Å². The van der Waals surface area contributed by atoms with E-state index >= 15 is 0 Å². The van der Waals surface area contributed by atoms with E-state index < -0.39 is 11.7 Å². The Hall–Kier alpha value is -2.33. The summed E-state index contributed by atoms with van der Waals surface area (Å²) in [6, 6.07) is 4.94. The monoisotopic (exact) mass is 427 g/mol. The number of nitrogens with one attached hydrogen (secondary N) is 1. The summed E-state index contributed by atoms with van der Waals surface area (Å²) in [5, 5.41) is 8.50. The maximum absolute atomic E-state index is 12.8. The van der Waals surface area contributed by atoms with Gasteiger partial charge in [0.05, 0.1) is 22.7 Å². The Morgan fingerprint density at radius 1 is 1.32 bits per heavy atom. The number of aromatic nitrogens is 2. The molecule has 0 aliphatic carbocycles. The molecule has 0 radical (unpaired) electrons. The molecule has 0 saturated heterocycles. The van der Waals surface area contributed by atoms with Crippen molar-refractivity contribution in [1.29, 1.82) is 0 Å². The van der Waals surface area contributed by atoms with Crippen LogP contribution in [0.1, 0.15) is 22.6 Å². The molecule has 28 heavy (non-hydrogen) atoms. The summed E-state index contributed by atoms with van der Waals surface area (Å²) in [6.07, 6.45) is -4.42. The van der Waals surface area contributed by atoms with Gasteiger partial charge in [-0.05, 0) is 26.0 Å². The molecule has 3 rings (SSSR count). The van der Waals surface area contributed by atoms with E-state index in [1.807, 2.05) is 13.8 Å². The maximum atomic E-state index is 12.8. The Bertz CT molecular complexity index is 963. The van der Waals surface area contributed by atoms with Gasteiger partial charge in [0.15, 0.2) is 5.13 Å². The second-order valence-corrected chi connectivity index (χ2v) is 7.80. The molecule has 2 heterocycles. The summed E-state index contributed by atoms with van der Waals surface area (Å²) in [6.45, 7) is 3.66. The van der Waals surface area contributed by atoms with Crippen LogP contribution in [0.2, 0.25) is 0 Å². The Labute approximate surface area is 167 Å². The Morgan fingerprint density at radius 3 is 2.79 bits per heavy atom. The molecular weight excluding hydrogens is 411 g/mol. The average molecular weight is 427 g/mol. The number of hydrogen-bond acceptors (Lipinski definition) is 6. The average Bonchev–Trinajstić information content (AvgIpc) is 3.22. The Balaban J connectivity index is 1.58. The minimum Gasteiger partial charge on any atom is -0.361 e. The van der Waals surface area contributed by atoms with Crippen molar-refractivity contribution in [3.05, 3.63) is 52.2 Å². The lowest BCUT2D eigenvalue weighted by Crippen LogP contribution is -2.14. The van der Waals surface area contributed by atoms with Gasteiger partial charge in [-0.15, -0.1) is 23.1 Å². The van der Waals surface area contributed by atoms with Crippen molar-refractivity contribution in [3.63, 3.8) is 0 Å². The van der Waals surface area contributed by atoms with Crippen molar-refractivity contribution in [2.24, 2.45) is 0 Å². The van der Waals surface area contributed by atoms with Gasteiger partial charge in [0.2, 0.25) is 5.91 Å². The number of thioether (sulfide) groups is 1. The minimum atomic E-state index is -4.42. The van der Waals surface area contributed by atoms with Gasteiger partial charge < -0.3 is 9.84 Å². The van der Waals surface area contributed by atoms with Crippen LogP contribution in [-0.2, 0) is 16.7 Å². The standard InChI is InChI=1S/C18H16F3N3O2S2/c1-10-14(11(2)26-24-10)7-27-9-16(25)23-17-22-15(8-28-17)12-4-3-5-13(6-12)18(19,20)21/h3-6,8H,7,9H2,1-2H3,(H,22,23,25). The number of carbonyl (C=O) groups is 1. The summed E-state index contributed by atoms with van der Waals surface area (Å²) < 4.78 is 43.6. The largest absolute Gasteiger partial charge is 0.416 e. The molecule has 148 valence electrons. The van der Waals surface area contributed by atoms with Crippen molar-refractivity contribution in [2.75, 3.05) is 11.1 Å². The summed E-state index contributed by atoms with van der Waals surface area (Å²) in [7, 11) is 0. The van der Waals surface area contributed by atoms with Gasteiger partial charge in [-0.25, -0.2) is 4.98 Å². The smallest absolute Gasteiger partial charge is 0.361 e. The fraction of sp³-hybridized carbons (Fsp3) is 0.278. The van der Waals surface area contributed by atoms with Gasteiger partial charge in [-0.3, -0.25) is 4.79 Å². The predicted octanol–water partition coefficient (Wildman–Crippen LogP) is 5.31. The van der Waals surface area contributed by atoms with E-state index in [0.717, 1.165) is 40.5 Å². The van der Waals surface area contributed by atoms with Crippen LogP contribution in [0.3, 0.4) is 0 Å². The molecule has 0 aliphatic rings. The number of nitrogens with zero attached hydrogens (tertiary/aromatic N) is 2. The highest BCUT2D eigenvalue weighted by Crippen LogP contribution is 2.33. The van der Waals surface area contributed by atoms with Gasteiger partial charge in [-0.2, -0.15) is 13.2 Å². The quantitative estimate of drug-likeness (QED) is 0.578. The highest BCUT2D eigenvalue weighted by Gasteiger charge is 2.30. The number of amides is 1. The fourth-order valence-corrected chi connectivity index (χ4v) is 4.14. The first-order valence-electron chi connectivity index (χ1n) is 8.16. The number of benzene rings is 1. The molecular formula is C18H16F3N3O2S2. The van der Waals surface area contributed by atoms with Crippen molar-refractivity contribution in [3.8, 4) is 11.3 Å². The fourth-order valence-electron chi connectivity index (χ4n) is 2.43. The van der Waals surface area contributed by atoms with Gasteiger partial charge in [0.1, 0.15) is 5.76 Å². The van der Waals surface area contributed by atoms with Crippen molar-refractivity contribution in [1.82, 2.24) is 10.1 Å². The number of hydrogen-bond donors (Lipinski definition) is 1. The third kappa shape index (κ3) is 4.93. The van der Waals surface area contributed by atoms with Crippen LogP contribution in [-0.4, -0.2) is 21.8 Å². The molecule has 0 bridgehead atoms. The van der Waals surface area contributed by atoms with E-state index in [1.54, 1.807) is 11.4 Å². The lowest BCUT2D eigenvalue weighted by atomic mass is 10.1. The summed E-state index contributed by atoms with van der Waals surface area (Å²) >= 11 is 2.58. The van der Waals surface area contributed by atoms with Gasteiger partial charge in [0.25, 0.3) is 0 Å². The van der Waals surface area contributed by atoms with Crippen LogP contribution in [0, 0.1) is 13.8 Å². The highest BCUT2D eigenvalue weighted by atomic mass is 32.2.